The molecule has 2 fully saturated rings. The third kappa shape index (κ3) is 5.37. The number of carbonyl (C=O) groups excluding carboxylic acids is 2. The van der Waals surface area contributed by atoms with Gasteiger partial charge in [-0.1, -0.05) is 19.9 Å². The fourth-order valence-electron chi connectivity index (χ4n) is 6.39. The zero-order chi connectivity index (χ0) is 25.4. The molecule has 1 saturated carbocycles. The number of hydrogen-bond acceptors (Lipinski definition) is 4. The Kier molecular flexibility index (Phi) is 7.51. The largest absolute Gasteiger partial charge is 0.469 e. The van der Waals surface area contributed by atoms with E-state index < -0.39 is 17.2 Å². The fraction of sp³-hybridized carbons (Fsp3) is 0.704. The molecule has 0 spiro atoms. The number of hydrogen-bond donors (Lipinski definition) is 0. The van der Waals surface area contributed by atoms with Gasteiger partial charge in [0.2, 0.25) is 5.91 Å². The molecule has 0 radical (unpaired) electrons. The summed E-state index contributed by atoms with van der Waals surface area (Å²) in [6.07, 6.45) is 1.13. The van der Waals surface area contributed by atoms with Crippen molar-refractivity contribution in [1.82, 2.24) is 9.80 Å². The van der Waals surface area contributed by atoms with E-state index in [1.807, 2.05) is 0 Å². The van der Waals surface area contributed by atoms with Crippen LogP contribution in [0.2, 0.25) is 0 Å². The molecule has 1 aromatic carbocycles. The number of esters is 1. The normalized spacial score (nSPS) is 26.1. The van der Waals surface area contributed by atoms with Gasteiger partial charge in [0.05, 0.1) is 18.1 Å². The van der Waals surface area contributed by atoms with Crippen LogP contribution < -0.4 is 0 Å². The minimum atomic E-state index is -4.39. The molecule has 194 valence electrons. The molecule has 2 aliphatic heterocycles. The van der Waals surface area contributed by atoms with Crippen molar-refractivity contribution in [2.24, 2.45) is 17.3 Å². The van der Waals surface area contributed by atoms with Gasteiger partial charge in [0, 0.05) is 25.6 Å². The number of ether oxygens (including phenoxy) is 1. The summed E-state index contributed by atoms with van der Waals surface area (Å²) in [5, 5.41) is 0. The molecule has 2 atom stereocenters. The van der Waals surface area contributed by atoms with Gasteiger partial charge in [0.25, 0.3) is 0 Å². The Balaban J connectivity index is 1.43. The van der Waals surface area contributed by atoms with E-state index >= 15 is 0 Å². The van der Waals surface area contributed by atoms with Crippen LogP contribution in [0.5, 0.6) is 0 Å². The molecule has 1 amide bonds. The number of amides is 1. The van der Waals surface area contributed by atoms with E-state index in [0.717, 1.165) is 56.8 Å². The lowest BCUT2D eigenvalue weighted by Crippen LogP contribution is -2.49. The third-order valence-electron chi connectivity index (χ3n) is 8.74. The molecule has 2 unspecified atom stereocenters. The highest BCUT2D eigenvalue weighted by Crippen LogP contribution is 2.48. The first-order valence-electron chi connectivity index (χ1n) is 12.8. The smallest absolute Gasteiger partial charge is 0.416 e. The summed E-state index contributed by atoms with van der Waals surface area (Å²) in [4.78, 5) is 29.8. The van der Waals surface area contributed by atoms with Crippen molar-refractivity contribution in [3.63, 3.8) is 0 Å². The zero-order valence-electron chi connectivity index (χ0n) is 21.0. The molecular formula is C27H37F3N2O3. The van der Waals surface area contributed by atoms with Crippen LogP contribution in [0.15, 0.2) is 18.2 Å². The number of fused-ring (bicyclic) bond motifs is 1. The number of carbonyl (C=O) groups is 2. The van der Waals surface area contributed by atoms with Crippen LogP contribution in [-0.4, -0.2) is 54.5 Å². The maximum absolute atomic E-state index is 13.9. The average molecular weight is 495 g/mol. The maximum Gasteiger partial charge on any atom is 0.416 e. The van der Waals surface area contributed by atoms with Gasteiger partial charge in [0.1, 0.15) is 0 Å². The molecule has 8 heteroatoms. The molecule has 4 rings (SSSR count). The van der Waals surface area contributed by atoms with E-state index in [-0.39, 0.29) is 24.3 Å². The highest BCUT2D eigenvalue weighted by molar-refractivity contribution is 5.84. The van der Waals surface area contributed by atoms with Crippen LogP contribution in [0.25, 0.3) is 0 Å². The van der Waals surface area contributed by atoms with Crippen molar-refractivity contribution in [2.75, 3.05) is 26.7 Å². The van der Waals surface area contributed by atoms with E-state index in [2.05, 4.69) is 18.7 Å². The third-order valence-corrected chi connectivity index (χ3v) is 8.74. The van der Waals surface area contributed by atoms with Gasteiger partial charge in [-0.15, -0.1) is 0 Å². The summed E-state index contributed by atoms with van der Waals surface area (Å²) in [5.41, 5.74) is 0.383. The molecule has 3 aliphatic rings. The van der Waals surface area contributed by atoms with Gasteiger partial charge in [-0.3, -0.25) is 9.59 Å². The minimum Gasteiger partial charge on any atom is -0.469 e. The van der Waals surface area contributed by atoms with E-state index in [1.165, 1.54) is 13.2 Å². The van der Waals surface area contributed by atoms with E-state index in [4.69, 9.17) is 4.74 Å². The van der Waals surface area contributed by atoms with Crippen molar-refractivity contribution >= 4 is 11.9 Å². The molecular weight excluding hydrogens is 457 g/mol. The number of benzene rings is 1. The van der Waals surface area contributed by atoms with Crippen LogP contribution in [0.3, 0.4) is 0 Å². The molecule has 2 heterocycles. The first-order valence-corrected chi connectivity index (χ1v) is 12.8. The van der Waals surface area contributed by atoms with Crippen LogP contribution in [0, 0.1) is 17.3 Å². The summed E-state index contributed by atoms with van der Waals surface area (Å²) >= 11 is 0. The van der Waals surface area contributed by atoms with Crippen molar-refractivity contribution in [1.29, 1.82) is 0 Å². The Hall–Kier alpha value is -2.09. The molecule has 0 aromatic heterocycles. The number of nitrogens with zero attached hydrogens (tertiary/aromatic N) is 2. The zero-order valence-corrected chi connectivity index (χ0v) is 21.0. The Morgan fingerprint density at radius 3 is 2.46 bits per heavy atom. The number of piperidine rings is 1. The lowest BCUT2D eigenvalue weighted by atomic mass is 9.73. The van der Waals surface area contributed by atoms with Crippen LogP contribution in [0.4, 0.5) is 13.2 Å². The molecule has 1 aromatic rings. The highest BCUT2D eigenvalue weighted by Gasteiger charge is 2.51. The van der Waals surface area contributed by atoms with Gasteiger partial charge in [0.15, 0.2) is 0 Å². The molecule has 1 aliphatic carbocycles. The summed E-state index contributed by atoms with van der Waals surface area (Å²) in [5.74, 6) is 0.448. The Bertz CT molecular complexity index is 940. The fourth-order valence-corrected chi connectivity index (χ4v) is 6.39. The van der Waals surface area contributed by atoms with Crippen LogP contribution >= 0.6 is 0 Å². The predicted molar refractivity (Wildman–Crippen MR) is 126 cm³/mol. The first kappa shape index (κ1) is 26.0. The second kappa shape index (κ2) is 10.1. The van der Waals surface area contributed by atoms with Crippen LogP contribution in [0.1, 0.15) is 69.1 Å². The Morgan fingerprint density at radius 2 is 1.83 bits per heavy atom. The predicted octanol–water partition coefficient (Wildman–Crippen LogP) is 5.06. The standard InChI is InChI=1S/C27H37F3N2O3/c1-18(2)26(10-6-23(16-26)31-11-7-19(8-12-31)14-24(33)35-3)25(34)32-13-9-20-4-5-22(27(28,29)30)15-21(20)17-32/h4-5,15,18-19,23H,6-14,16-17H2,1-3H3. The monoisotopic (exact) mass is 494 g/mol. The van der Waals surface area contributed by atoms with E-state index in [1.54, 1.807) is 11.0 Å². The van der Waals surface area contributed by atoms with Gasteiger partial charge in [-0.25, -0.2) is 0 Å². The van der Waals surface area contributed by atoms with Crippen molar-refractivity contribution in [3.8, 4) is 0 Å². The van der Waals surface area contributed by atoms with E-state index in [0.29, 0.717) is 36.9 Å². The van der Waals surface area contributed by atoms with Gasteiger partial charge in [-0.2, -0.15) is 13.2 Å². The lowest BCUT2D eigenvalue weighted by Gasteiger charge is -2.41. The maximum atomic E-state index is 13.9. The molecule has 35 heavy (non-hydrogen) atoms. The number of alkyl halides is 3. The Labute approximate surface area is 206 Å². The molecule has 0 bridgehead atoms. The summed E-state index contributed by atoms with van der Waals surface area (Å²) in [6, 6.07) is 4.25. The quantitative estimate of drug-likeness (QED) is 0.537. The molecule has 5 nitrogen and oxygen atoms in total. The number of halogens is 3. The van der Waals surface area contributed by atoms with Gasteiger partial charge >= 0.3 is 12.1 Å². The Morgan fingerprint density at radius 1 is 1.11 bits per heavy atom. The lowest BCUT2D eigenvalue weighted by molar-refractivity contribution is -0.146. The minimum absolute atomic E-state index is 0.0960. The SMILES string of the molecule is COC(=O)CC1CCN(C2CCC(C(=O)N3CCc4ccc(C(F)(F)F)cc4C3)(C(C)C)C2)CC1. The van der Waals surface area contributed by atoms with Crippen LogP contribution in [-0.2, 0) is 33.5 Å². The second-order valence-corrected chi connectivity index (χ2v) is 10.9. The second-order valence-electron chi connectivity index (χ2n) is 10.9. The van der Waals surface area contributed by atoms with Crippen molar-refractivity contribution in [2.45, 2.75) is 77.6 Å². The highest BCUT2D eigenvalue weighted by atomic mass is 19.4. The summed E-state index contributed by atoms with van der Waals surface area (Å²) < 4.78 is 44.5. The topological polar surface area (TPSA) is 49.9 Å². The summed E-state index contributed by atoms with van der Waals surface area (Å²) in [7, 11) is 1.43. The van der Waals surface area contributed by atoms with Gasteiger partial charge < -0.3 is 14.5 Å². The number of methoxy groups -OCH3 is 1. The van der Waals surface area contributed by atoms with E-state index in [9.17, 15) is 22.8 Å². The molecule has 1 saturated heterocycles. The summed E-state index contributed by atoms with van der Waals surface area (Å²) in [6.45, 7) is 6.84. The van der Waals surface area contributed by atoms with Crippen molar-refractivity contribution in [3.05, 3.63) is 34.9 Å². The van der Waals surface area contributed by atoms with Crippen molar-refractivity contribution < 1.29 is 27.5 Å². The average Bonchev–Trinajstić information content (AvgIpc) is 3.29. The molecule has 0 N–H and O–H groups in total. The number of likely N-dealkylation sites (tertiary alicyclic amines) is 1. The van der Waals surface area contributed by atoms with Gasteiger partial charge in [-0.05, 0) is 86.7 Å². The number of rotatable bonds is 5. The first-order chi connectivity index (χ1) is 16.5.